The lowest BCUT2D eigenvalue weighted by atomic mass is 9.59. The molecule has 61 heavy (non-hydrogen) atoms. The second-order valence-corrected chi connectivity index (χ2v) is 15.9. The average Bonchev–Trinajstić information content (AvgIpc) is 3.86. The van der Waals surface area contributed by atoms with Crippen molar-refractivity contribution in [3.8, 4) is 44.5 Å². The van der Waals surface area contributed by atoms with Gasteiger partial charge >= 0.3 is 0 Å². The second-order valence-electron chi connectivity index (χ2n) is 15.9. The molecule has 0 aliphatic carbocycles. The summed E-state index contributed by atoms with van der Waals surface area (Å²) in [6.45, 7) is 0. The van der Waals surface area contributed by atoms with Gasteiger partial charge in [0, 0.05) is 21.5 Å². The van der Waals surface area contributed by atoms with Gasteiger partial charge in [-0.25, -0.2) is 0 Å². The number of benzene rings is 10. The van der Waals surface area contributed by atoms with Crippen molar-refractivity contribution < 1.29 is 8.83 Å². The maximum Gasteiger partial charge on any atom is 0.136 e. The Bertz CT molecular complexity index is 3810. The van der Waals surface area contributed by atoms with Gasteiger partial charge in [0.15, 0.2) is 0 Å². The van der Waals surface area contributed by atoms with E-state index in [0.717, 1.165) is 104 Å². The monoisotopic (exact) mass is 762 g/mol. The molecule has 0 saturated carbocycles. The Kier molecular flexibility index (Phi) is 7.90. The topological polar surface area (TPSA) is 26.3 Å². The zero-order chi connectivity index (χ0) is 41.1. The summed E-state index contributed by atoms with van der Waals surface area (Å²) in [6, 6.07) is 57.5. The van der Waals surface area contributed by atoms with Crippen LogP contribution < -0.4 is 27.3 Å². The van der Waals surface area contributed by atoms with E-state index >= 15 is 0 Å². The smallest absolute Gasteiger partial charge is 0.136 e. The van der Waals surface area contributed by atoms with Crippen molar-refractivity contribution in [1.29, 1.82) is 0 Å². The van der Waals surface area contributed by atoms with Gasteiger partial charge in [-0.2, -0.15) is 0 Å². The highest BCUT2D eigenvalue weighted by Gasteiger charge is 2.22. The van der Waals surface area contributed by atoms with Gasteiger partial charge in [-0.3, -0.25) is 0 Å². The Labute approximate surface area is 358 Å². The second kappa shape index (κ2) is 13.5. The van der Waals surface area contributed by atoms with Crippen LogP contribution in [0.15, 0.2) is 173 Å². The van der Waals surface area contributed by atoms with Crippen molar-refractivity contribution in [3.05, 3.63) is 164 Å². The molecule has 12 aromatic rings. The maximum absolute atomic E-state index is 6.72. The normalized spacial score (nSPS) is 11.9. The van der Waals surface area contributed by atoms with Crippen molar-refractivity contribution in [2.24, 2.45) is 0 Å². The first-order valence-corrected chi connectivity index (χ1v) is 20.2. The van der Waals surface area contributed by atoms with Crippen LogP contribution in [0, 0.1) is 0 Å². The van der Waals surface area contributed by atoms with Gasteiger partial charge < -0.3 is 8.83 Å². The van der Waals surface area contributed by atoms with E-state index < -0.39 is 0 Å². The van der Waals surface area contributed by atoms with E-state index in [9.17, 15) is 0 Å². The Morgan fingerprint density at radius 2 is 0.672 bits per heavy atom. The van der Waals surface area contributed by atoms with Gasteiger partial charge in [0.05, 0.1) is 0 Å². The predicted octanol–water partition coefficient (Wildman–Crippen LogP) is 9.58. The summed E-state index contributed by atoms with van der Waals surface area (Å²) in [7, 11) is 32.6. The van der Waals surface area contributed by atoms with Crippen LogP contribution in [0.25, 0.3) is 121 Å². The van der Waals surface area contributed by atoms with Crippen LogP contribution >= 0.6 is 0 Å². The molecule has 0 N–H and O–H groups in total. The molecular formula is C54H27B5O2. The molecule has 0 aliphatic heterocycles. The van der Waals surface area contributed by atoms with Crippen LogP contribution in [-0.4, -0.2) is 39.2 Å². The van der Waals surface area contributed by atoms with E-state index in [1.54, 1.807) is 0 Å². The van der Waals surface area contributed by atoms with Gasteiger partial charge in [-0.05, 0) is 125 Å². The molecule has 0 unspecified atom stereocenters. The quantitative estimate of drug-likeness (QED) is 0.132. The molecule has 0 atom stereocenters. The fraction of sp³-hybridized carbons (Fsp3) is 0. The Morgan fingerprint density at radius 3 is 1.25 bits per heavy atom. The zero-order valence-electron chi connectivity index (χ0n) is 32.8. The lowest BCUT2D eigenvalue weighted by molar-refractivity contribution is 0.668. The summed E-state index contributed by atoms with van der Waals surface area (Å²) in [6.07, 6.45) is 0. The zero-order valence-corrected chi connectivity index (χ0v) is 32.8. The summed E-state index contributed by atoms with van der Waals surface area (Å²) in [4.78, 5) is 0. The molecular weight excluding hydrogens is 735 g/mol. The standard InChI is InChI=1S/C54H27B5O2/c55-50-49(51(56)53(58)54(59)52(50)57)30-19-23-40-42(25-30)48(32-18-21-38-36-12-4-6-15-44(36)61-46(38)27-32)39-22-16-29(34-13-7-9-28-8-1-2-10-33(28)34)24-41(39)47(40)31-17-20-37-35-11-3-5-14-43(35)60-45(37)26-31/h1-27H. The van der Waals surface area contributed by atoms with Crippen molar-refractivity contribution in [1.82, 2.24) is 0 Å². The third-order valence-electron chi connectivity index (χ3n) is 12.5. The highest BCUT2D eigenvalue weighted by Crippen LogP contribution is 2.48. The fourth-order valence-corrected chi connectivity index (χ4v) is 9.57. The minimum atomic E-state index is 0.177. The van der Waals surface area contributed by atoms with Gasteiger partial charge in [-0.15, -0.1) is 16.4 Å². The first-order chi connectivity index (χ1) is 29.8. The van der Waals surface area contributed by atoms with Crippen LogP contribution in [-0.2, 0) is 0 Å². The molecule has 7 heteroatoms. The van der Waals surface area contributed by atoms with Gasteiger partial charge in [0.25, 0.3) is 0 Å². The van der Waals surface area contributed by atoms with E-state index in [-0.39, 0.29) is 27.3 Å². The highest BCUT2D eigenvalue weighted by atomic mass is 16.3. The van der Waals surface area contributed by atoms with Crippen molar-refractivity contribution in [3.63, 3.8) is 0 Å². The molecule has 270 valence electrons. The maximum atomic E-state index is 6.72. The molecule has 10 aromatic carbocycles. The van der Waals surface area contributed by atoms with E-state index in [1.807, 2.05) is 42.5 Å². The van der Waals surface area contributed by atoms with E-state index in [4.69, 9.17) is 48.1 Å². The van der Waals surface area contributed by atoms with Crippen molar-refractivity contribution in [2.45, 2.75) is 0 Å². The van der Waals surface area contributed by atoms with Crippen LogP contribution in [0.1, 0.15) is 0 Å². The predicted molar refractivity (Wildman–Crippen MR) is 262 cm³/mol. The van der Waals surface area contributed by atoms with E-state index in [0.29, 0.717) is 5.56 Å². The average molecular weight is 762 g/mol. The molecule has 0 spiro atoms. The van der Waals surface area contributed by atoms with Crippen molar-refractivity contribution >= 4 is 143 Å². The number of fused-ring (bicyclic) bond motifs is 9. The number of hydrogen-bond acceptors (Lipinski definition) is 2. The molecule has 2 heterocycles. The minimum Gasteiger partial charge on any atom is -0.456 e. The van der Waals surface area contributed by atoms with E-state index in [2.05, 4.69) is 121 Å². The van der Waals surface area contributed by atoms with Gasteiger partial charge in [-0.1, -0.05) is 126 Å². The highest BCUT2D eigenvalue weighted by molar-refractivity contribution is 6.68. The summed E-state index contributed by atoms with van der Waals surface area (Å²) < 4.78 is 13.0. The number of furan rings is 2. The van der Waals surface area contributed by atoms with Crippen molar-refractivity contribution in [2.75, 3.05) is 0 Å². The molecule has 0 amide bonds. The molecule has 12 rings (SSSR count). The SMILES string of the molecule is [B]c1c([B])c([B])c(-c2ccc3c(-c4ccc5c(c4)oc4ccccc45)c4cc(-c5cccc6ccccc56)ccc4c(-c4ccc5c(c4)oc4ccccc45)c3c2)c([B])c1[B]. The van der Waals surface area contributed by atoms with Crippen LogP contribution in [0.3, 0.4) is 0 Å². The number of rotatable bonds is 4. The third kappa shape index (κ3) is 5.36. The molecule has 0 saturated heterocycles. The Morgan fingerprint density at radius 1 is 0.262 bits per heavy atom. The largest absolute Gasteiger partial charge is 0.456 e. The number of hydrogen-bond donors (Lipinski definition) is 0. The van der Waals surface area contributed by atoms with Crippen LogP contribution in [0.2, 0.25) is 0 Å². The molecule has 0 bridgehead atoms. The first kappa shape index (κ1) is 35.8. The molecule has 2 nitrogen and oxygen atoms in total. The lowest BCUT2D eigenvalue weighted by Crippen LogP contribution is -2.55. The summed E-state index contributed by atoms with van der Waals surface area (Å²) in [5.74, 6) is 0. The summed E-state index contributed by atoms with van der Waals surface area (Å²) >= 11 is 0. The van der Waals surface area contributed by atoms with Gasteiger partial charge in [0.2, 0.25) is 0 Å². The molecule has 10 radical (unpaired) electrons. The first-order valence-electron chi connectivity index (χ1n) is 20.2. The van der Waals surface area contributed by atoms with Crippen LogP contribution in [0.5, 0.6) is 0 Å². The summed E-state index contributed by atoms with van der Waals surface area (Å²) in [5, 5.41) is 10.8. The molecule has 2 aromatic heterocycles. The summed E-state index contributed by atoms with van der Waals surface area (Å²) in [5.41, 5.74) is 12.1. The number of para-hydroxylation sites is 2. The van der Waals surface area contributed by atoms with Crippen LogP contribution in [0.4, 0.5) is 0 Å². The Hall–Kier alpha value is -7.10. The molecule has 0 fully saturated rings. The van der Waals surface area contributed by atoms with Gasteiger partial charge in [0.1, 0.15) is 61.6 Å². The third-order valence-corrected chi connectivity index (χ3v) is 12.5. The van der Waals surface area contributed by atoms with E-state index in [1.165, 1.54) is 10.8 Å². The fourth-order valence-electron chi connectivity index (χ4n) is 9.57. The minimum absolute atomic E-state index is 0.177. The Balaban J connectivity index is 1.23. The molecule has 0 aliphatic rings. The lowest BCUT2D eigenvalue weighted by Gasteiger charge is -2.23.